The average Bonchev–Trinajstić information content (AvgIpc) is 3.13. The molecule has 1 aliphatic heterocycles. The van der Waals surface area contributed by atoms with Crippen LogP contribution in [0.2, 0.25) is 0 Å². The van der Waals surface area contributed by atoms with Gasteiger partial charge in [-0.15, -0.1) is 0 Å². The second-order valence-corrected chi connectivity index (χ2v) is 5.85. The average molecular weight is 345 g/mol. The lowest BCUT2D eigenvalue weighted by molar-refractivity contribution is -0.132. The number of ether oxygens (including phenoxy) is 1. The Morgan fingerprint density at radius 1 is 1.36 bits per heavy atom. The van der Waals surface area contributed by atoms with E-state index in [4.69, 9.17) is 4.74 Å². The van der Waals surface area contributed by atoms with Crippen LogP contribution in [0.4, 0.5) is 4.79 Å². The number of hydrogen-bond acceptors (Lipinski definition) is 5. The number of H-pyrrole nitrogens is 1. The zero-order valence-corrected chi connectivity index (χ0v) is 14.0. The molecule has 4 amide bonds. The molecule has 0 unspecified atom stereocenters. The number of imidazole rings is 1. The van der Waals surface area contributed by atoms with Gasteiger partial charge in [-0.3, -0.25) is 14.9 Å². The van der Waals surface area contributed by atoms with Crippen molar-refractivity contribution in [2.45, 2.75) is 18.9 Å². The quantitative estimate of drug-likeness (QED) is 0.645. The molecule has 25 heavy (non-hydrogen) atoms. The minimum absolute atomic E-state index is 0.0641. The van der Waals surface area contributed by atoms with Crippen molar-refractivity contribution in [1.29, 1.82) is 0 Å². The molecule has 2 heterocycles. The molecule has 1 aromatic carbocycles. The van der Waals surface area contributed by atoms with E-state index in [-0.39, 0.29) is 12.3 Å². The van der Waals surface area contributed by atoms with Gasteiger partial charge in [0, 0.05) is 26.1 Å². The SMILES string of the molecule is COc1ccc2nc(CCN(C)C(=O)C[C@@H]3NC(=O)NC3=O)[nH]c2c1. The van der Waals surface area contributed by atoms with E-state index < -0.39 is 18.0 Å². The van der Waals surface area contributed by atoms with Crippen LogP contribution in [-0.4, -0.2) is 59.5 Å². The van der Waals surface area contributed by atoms with Crippen molar-refractivity contribution in [2.75, 3.05) is 20.7 Å². The summed E-state index contributed by atoms with van der Waals surface area (Å²) < 4.78 is 5.18. The summed E-state index contributed by atoms with van der Waals surface area (Å²) in [6.45, 7) is 0.443. The van der Waals surface area contributed by atoms with Crippen LogP contribution in [0.15, 0.2) is 18.2 Å². The molecule has 3 rings (SSSR count). The molecule has 9 heteroatoms. The molecule has 3 N–H and O–H groups in total. The lowest BCUT2D eigenvalue weighted by atomic mass is 10.2. The third-order valence-electron chi connectivity index (χ3n) is 4.09. The number of nitrogens with zero attached hydrogens (tertiary/aromatic N) is 2. The molecule has 0 saturated carbocycles. The lowest BCUT2D eigenvalue weighted by Gasteiger charge is -2.17. The molecule has 1 aromatic heterocycles. The first kappa shape index (κ1) is 16.7. The molecule has 0 radical (unpaired) electrons. The Balaban J connectivity index is 1.56. The van der Waals surface area contributed by atoms with Crippen LogP contribution in [0, 0.1) is 0 Å². The van der Waals surface area contributed by atoms with Crippen LogP contribution in [-0.2, 0) is 16.0 Å². The van der Waals surface area contributed by atoms with Gasteiger partial charge in [-0.1, -0.05) is 0 Å². The number of imide groups is 1. The summed E-state index contributed by atoms with van der Waals surface area (Å²) in [4.78, 5) is 43.9. The maximum Gasteiger partial charge on any atom is 0.322 e. The molecule has 1 fully saturated rings. The summed E-state index contributed by atoms with van der Waals surface area (Å²) >= 11 is 0. The lowest BCUT2D eigenvalue weighted by Crippen LogP contribution is -2.37. The highest BCUT2D eigenvalue weighted by Crippen LogP contribution is 2.18. The van der Waals surface area contributed by atoms with Crippen LogP contribution < -0.4 is 15.4 Å². The predicted octanol–water partition coefficient (Wildman–Crippen LogP) is 0.171. The van der Waals surface area contributed by atoms with E-state index in [2.05, 4.69) is 20.6 Å². The second-order valence-electron chi connectivity index (χ2n) is 5.85. The second kappa shape index (κ2) is 6.80. The number of carbonyl (C=O) groups excluding carboxylic acids is 3. The molecule has 2 aromatic rings. The number of amides is 4. The maximum absolute atomic E-state index is 12.2. The van der Waals surface area contributed by atoms with Crippen LogP contribution in [0.3, 0.4) is 0 Å². The Morgan fingerprint density at radius 3 is 2.84 bits per heavy atom. The molecular formula is C16H19N5O4. The molecule has 9 nitrogen and oxygen atoms in total. The highest BCUT2D eigenvalue weighted by molar-refractivity contribution is 6.05. The van der Waals surface area contributed by atoms with Gasteiger partial charge in [-0.2, -0.15) is 0 Å². The number of benzene rings is 1. The van der Waals surface area contributed by atoms with Crippen molar-refractivity contribution in [2.24, 2.45) is 0 Å². The van der Waals surface area contributed by atoms with Crippen molar-refractivity contribution in [1.82, 2.24) is 25.5 Å². The number of carbonyl (C=O) groups is 3. The first-order valence-corrected chi connectivity index (χ1v) is 7.84. The van der Waals surface area contributed by atoms with Gasteiger partial charge in [-0.25, -0.2) is 9.78 Å². The van der Waals surface area contributed by atoms with Gasteiger partial charge in [0.2, 0.25) is 5.91 Å². The monoisotopic (exact) mass is 345 g/mol. The van der Waals surface area contributed by atoms with Crippen LogP contribution in [0.1, 0.15) is 12.2 Å². The smallest absolute Gasteiger partial charge is 0.322 e. The number of fused-ring (bicyclic) bond motifs is 1. The molecular weight excluding hydrogens is 326 g/mol. The molecule has 1 atom stereocenters. The summed E-state index contributed by atoms with van der Waals surface area (Å²) in [5.41, 5.74) is 1.70. The molecule has 1 saturated heterocycles. The number of nitrogens with one attached hydrogen (secondary N) is 3. The number of methoxy groups -OCH3 is 1. The third-order valence-corrected chi connectivity index (χ3v) is 4.09. The fourth-order valence-corrected chi connectivity index (χ4v) is 2.62. The van der Waals surface area contributed by atoms with E-state index in [1.807, 2.05) is 18.2 Å². The van der Waals surface area contributed by atoms with E-state index in [0.29, 0.717) is 13.0 Å². The number of likely N-dealkylation sites (N-methyl/N-ethyl adjacent to an activating group) is 1. The zero-order valence-electron chi connectivity index (χ0n) is 14.0. The fourth-order valence-electron chi connectivity index (χ4n) is 2.62. The molecule has 0 bridgehead atoms. The number of rotatable bonds is 6. The molecule has 0 aliphatic carbocycles. The van der Waals surface area contributed by atoms with Crippen molar-refractivity contribution >= 4 is 28.9 Å². The normalized spacial score (nSPS) is 16.6. The van der Waals surface area contributed by atoms with E-state index in [0.717, 1.165) is 22.6 Å². The highest BCUT2D eigenvalue weighted by Gasteiger charge is 2.32. The Morgan fingerprint density at radius 2 is 2.16 bits per heavy atom. The minimum atomic E-state index is -0.805. The maximum atomic E-state index is 12.2. The Hall–Kier alpha value is -3.10. The van der Waals surface area contributed by atoms with Crippen molar-refractivity contribution in [3.8, 4) is 5.75 Å². The van der Waals surface area contributed by atoms with Gasteiger partial charge in [-0.05, 0) is 12.1 Å². The Kier molecular flexibility index (Phi) is 4.55. The van der Waals surface area contributed by atoms with Gasteiger partial charge in [0.1, 0.15) is 17.6 Å². The van der Waals surface area contributed by atoms with Gasteiger partial charge < -0.3 is 19.9 Å². The van der Waals surface area contributed by atoms with Crippen LogP contribution >= 0.6 is 0 Å². The number of aromatic nitrogens is 2. The summed E-state index contributed by atoms with van der Waals surface area (Å²) in [7, 11) is 3.26. The van der Waals surface area contributed by atoms with Gasteiger partial charge in [0.05, 0.1) is 24.6 Å². The highest BCUT2D eigenvalue weighted by atomic mass is 16.5. The first-order valence-electron chi connectivity index (χ1n) is 7.84. The van der Waals surface area contributed by atoms with Gasteiger partial charge >= 0.3 is 6.03 Å². The van der Waals surface area contributed by atoms with Crippen molar-refractivity contribution in [3.63, 3.8) is 0 Å². The van der Waals surface area contributed by atoms with E-state index in [1.165, 1.54) is 4.90 Å². The van der Waals surface area contributed by atoms with Crippen LogP contribution in [0.25, 0.3) is 11.0 Å². The minimum Gasteiger partial charge on any atom is -0.497 e. The first-order chi connectivity index (χ1) is 12.0. The predicted molar refractivity (Wildman–Crippen MR) is 89.1 cm³/mol. The summed E-state index contributed by atoms with van der Waals surface area (Å²) in [5, 5.41) is 4.52. The molecule has 1 aliphatic rings. The largest absolute Gasteiger partial charge is 0.497 e. The summed E-state index contributed by atoms with van der Waals surface area (Å²) in [6, 6.07) is 4.19. The molecule has 0 spiro atoms. The van der Waals surface area contributed by atoms with Crippen LogP contribution in [0.5, 0.6) is 5.75 Å². The topological polar surface area (TPSA) is 116 Å². The molecule has 132 valence electrons. The Bertz CT molecular complexity index is 831. The fraction of sp³-hybridized carbons (Fsp3) is 0.375. The summed E-state index contributed by atoms with van der Waals surface area (Å²) in [5.74, 6) is 0.805. The number of hydrogen-bond donors (Lipinski definition) is 3. The van der Waals surface area contributed by atoms with E-state index in [1.54, 1.807) is 14.2 Å². The van der Waals surface area contributed by atoms with E-state index in [9.17, 15) is 14.4 Å². The third kappa shape index (κ3) is 3.70. The van der Waals surface area contributed by atoms with E-state index >= 15 is 0 Å². The van der Waals surface area contributed by atoms with Gasteiger partial charge in [0.25, 0.3) is 5.91 Å². The number of urea groups is 1. The summed E-state index contributed by atoms with van der Waals surface area (Å²) in [6.07, 6.45) is 0.480. The van der Waals surface area contributed by atoms with Crippen molar-refractivity contribution < 1.29 is 19.1 Å². The van der Waals surface area contributed by atoms with Gasteiger partial charge in [0.15, 0.2) is 0 Å². The number of aromatic amines is 1. The van der Waals surface area contributed by atoms with Crippen molar-refractivity contribution in [3.05, 3.63) is 24.0 Å². The Labute approximate surface area is 143 Å². The standard InChI is InChI=1S/C16H19N5O4/c1-21(14(22)8-12-15(23)20-16(24)19-12)6-5-13-17-10-4-3-9(25-2)7-11(10)18-13/h3-4,7,12H,5-6,8H2,1-2H3,(H,17,18)(H2,19,20,23,24)/t12-/m0/s1. The zero-order chi connectivity index (χ0) is 18.0.